The number of hydrogen-bond donors (Lipinski definition) is 1. The van der Waals surface area contributed by atoms with E-state index in [4.69, 9.17) is 9.84 Å². The topological polar surface area (TPSA) is 49.8 Å². The van der Waals surface area contributed by atoms with E-state index in [1.807, 2.05) is 25.8 Å². The predicted octanol–water partition coefficient (Wildman–Crippen LogP) is 0.180. The number of aliphatic carboxylic acids is 1. The maximum atomic E-state index is 10.6. The molecule has 70 valence electrons. The van der Waals surface area contributed by atoms with Crippen molar-refractivity contribution in [3.05, 3.63) is 0 Å². The van der Waals surface area contributed by atoms with Crippen molar-refractivity contribution in [2.45, 2.75) is 25.6 Å². The molecule has 1 fully saturated rings. The van der Waals surface area contributed by atoms with Gasteiger partial charge in [-0.05, 0) is 20.9 Å². The molecule has 0 radical (unpaired) electrons. The second-order valence-electron chi connectivity index (χ2n) is 3.90. The smallest absolute Gasteiger partial charge is 0.334 e. The van der Waals surface area contributed by atoms with Crippen LogP contribution in [-0.4, -0.2) is 47.8 Å². The monoisotopic (exact) mass is 173 g/mol. The SMILES string of the molecule is CN1C[C@H](C(=O)O)OC(C)(C)C1. The number of ether oxygens (including phenoxy) is 1. The van der Waals surface area contributed by atoms with E-state index in [1.165, 1.54) is 0 Å². The van der Waals surface area contributed by atoms with Gasteiger partial charge in [-0.3, -0.25) is 0 Å². The van der Waals surface area contributed by atoms with E-state index >= 15 is 0 Å². The van der Waals surface area contributed by atoms with Crippen LogP contribution in [0.1, 0.15) is 13.8 Å². The molecule has 0 aliphatic carbocycles. The molecule has 4 nitrogen and oxygen atoms in total. The molecule has 0 unspecified atom stereocenters. The van der Waals surface area contributed by atoms with Crippen molar-refractivity contribution in [2.75, 3.05) is 20.1 Å². The summed E-state index contributed by atoms with van der Waals surface area (Å²) < 4.78 is 5.36. The van der Waals surface area contributed by atoms with E-state index in [0.717, 1.165) is 6.54 Å². The van der Waals surface area contributed by atoms with Crippen molar-refractivity contribution in [3.63, 3.8) is 0 Å². The third-order valence-corrected chi connectivity index (χ3v) is 1.86. The van der Waals surface area contributed by atoms with Crippen LogP contribution in [0.5, 0.6) is 0 Å². The summed E-state index contributed by atoms with van der Waals surface area (Å²) in [6.07, 6.45) is -0.682. The molecule has 4 heteroatoms. The minimum Gasteiger partial charge on any atom is -0.479 e. The third-order valence-electron chi connectivity index (χ3n) is 1.86. The summed E-state index contributed by atoms with van der Waals surface area (Å²) in [6.45, 7) is 5.05. The van der Waals surface area contributed by atoms with Gasteiger partial charge in [-0.2, -0.15) is 0 Å². The maximum Gasteiger partial charge on any atom is 0.334 e. The zero-order chi connectivity index (χ0) is 9.35. The van der Waals surface area contributed by atoms with Gasteiger partial charge < -0.3 is 14.7 Å². The highest BCUT2D eigenvalue weighted by molar-refractivity contribution is 5.72. The zero-order valence-corrected chi connectivity index (χ0v) is 7.70. The first-order valence-electron chi connectivity index (χ1n) is 4.00. The van der Waals surface area contributed by atoms with Crippen molar-refractivity contribution < 1.29 is 14.6 Å². The number of hydrogen-bond acceptors (Lipinski definition) is 3. The molecule has 1 aliphatic heterocycles. The Labute approximate surface area is 72.1 Å². The van der Waals surface area contributed by atoms with Gasteiger partial charge in [0, 0.05) is 13.1 Å². The number of rotatable bonds is 1. The second-order valence-corrected chi connectivity index (χ2v) is 3.90. The van der Waals surface area contributed by atoms with Gasteiger partial charge in [0.05, 0.1) is 5.60 Å². The molecule has 1 saturated heterocycles. The van der Waals surface area contributed by atoms with Crippen molar-refractivity contribution in [3.8, 4) is 0 Å². The number of carboxylic acid groups (broad SMARTS) is 1. The number of carboxylic acids is 1. The summed E-state index contributed by atoms with van der Waals surface area (Å²) in [5.74, 6) is -0.880. The van der Waals surface area contributed by atoms with Crippen LogP contribution in [0.15, 0.2) is 0 Å². The van der Waals surface area contributed by atoms with Gasteiger partial charge in [-0.25, -0.2) is 4.79 Å². The number of likely N-dealkylation sites (N-methyl/N-ethyl adjacent to an activating group) is 1. The standard InChI is InChI=1S/C8H15NO3/c1-8(2)5-9(3)4-6(12-8)7(10)11/h6H,4-5H2,1-3H3,(H,10,11)/t6-/m1/s1. The Hall–Kier alpha value is -0.610. The Morgan fingerprint density at radius 3 is 2.67 bits per heavy atom. The largest absolute Gasteiger partial charge is 0.479 e. The van der Waals surface area contributed by atoms with Gasteiger partial charge in [-0.1, -0.05) is 0 Å². The van der Waals surface area contributed by atoms with E-state index in [1.54, 1.807) is 0 Å². The van der Waals surface area contributed by atoms with Crippen LogP contribution in [0.4, 0.5) is 0 Å². The zero-order valence-electron chi connectivity index (χ0n) is 7.70. The van der Waals surface area contributed by atoms with Crippen LogP contribution in [0.2, 0.25) is 0 Å². The summed E-state index contributed by atoms with van der Waals surface area (Å²) in [4.78, 5) is 12.6. The average Bonchev–Trinajstić information content (AvgIpc) is 1.82. The van der Waals surface area contributed by atoms with E-state index in [9.17, 15) is 4.79 Å². The van der Waals surface area contributed by atoms with Crippen molar-refractivity contribution in [1.29, 1.82) is 0 Å². The van der Waals surface area contributed by atoms with Gasteiger partial charge >= 0.3 is 5.97 Å². The fourth-order valence-electron chi connectivity index (χ4n) is 1.59. The first-order chi connectivity index (χ1) is 5.41. The van der Waals surface area contributed by atoms with Crippen LogP contribution in [-0.2, 0) is 9.53 Å². The summed E-state index contributed by atoms with van der Waals surface area (Å²) in [6, 6.07) is 0. The molecule has 0 amide bonds. The fraction of sp³-hybridized carbons (Fsp3) is 0.875. The van der Waals surface area contributed by atoms with Crippen LogP contribution < -0.4 is 0 Å². The Bertz CT molecular complexity index is 191. The maximum absolute atomic E-state index is 10.6. The van der Waals surface area contributed by atoms with Gasteiger partial charge in [-0.15, -0.1) is 0 Å². The lowest BCUT2D eigenvalue weighted by molar-refractivity contribution is -0.176. The van der Waals surface area contributed by atoms with Crippen LogP contribution >= 0.6 is 0 Å². The fourth-order valence-corrected chi connectivity index (χ4v) is 1.59. The van der Waals surface area contributed by atoms with Crippen molar-refractivity contribution >= 4 is 5.97 Å². The Morgan fingerprint density at radius 1 is 1.67 bits per heavy atom. The van der Waals surface area contributed by atoms with Crippen LogP contribution in [0.25, 0.3) is 0 Å². The molecular formula is C8H15NO3. The first kappa shape index (κ1) is 9.48. The molecule has 0 saturated carbocycles. The lowest BCUT2D eigenvalue weighted by atomic mass is 10.1. The molecule has 0 aromatic heterocycles. The highest BCUT2D eigenvalue weighted by Crippen LogP contribution is 2.19. The van der Waals surface area contributed by atoms with Crippen molar-refractivity contribution in [1.82, 2.24) is 4.90 Å². The minimum absolute atomic E-state index is 0.351. The summed E-state index contributed by atoms with van der Waals surface area (Å²) in [5.41, 5.74) is -0.351. The first-order valence-corrected chi connectivity index (χ1v) is 4.00. The van der Waals surface area contributed by atoms with Crippen LogP contribution in [0.3, 0.4) is 0 Å². The average molecular weight is 173 g/mol. The molecule has 0 bridgehead atoms. The van der Waals surface area contributed by atoms with E-state index in [0.29, 0.717) is 6.54 Å². The highest BCUT2D eigenvalue weighted by Gasteiger charge is 2.35. The van der Waals surface area contributed by atoms with E-state index < -0.39 is 12.1 Å². The Balaban J connectivity index is 2.64. The third kappa shape index (κ3) is 2.19. The summed E-state index contributed by atoms with van der Waals surface area (Å²) in [7, 11) is 1.90. The van der Waals surface area contributed by atoms with Crippen LogP contribution in [0, 0.1) is 0 Å². The van der Waals surface area contributed by atoms with E-state index in [-0.39, 0.29) is 5.60 Å². The van der Waals surface area contributed by atoms with Crippen molar-refractivity contribution in [2.24, 2.45) is 0 Å². The molecule has 0 aromatic rings. The molecule has 0 aromatic carbocycles. The lowest BCUT2D eigenvalue weighted by Gasteiger charge is -2.39. The van der Waals surface area contributed by atoms with E-state index in [2.05, 4.69) is 0 Å². The molecule has 1 rings (SSSR count). The number of carbonyl (C=O) groups is 1. The number of nitrogens with zero attached hydrogens (tertiary/aromatic N) is 1. The minimum atomic E-state index is -0.880. The normalized spacial score (nSPS) is 30.1. The molecule has 1 aliphatic rings. The van der Waals surface area contributed by atoms with Gasteiger partial charge in [0.1, 0.15) is 0 Å². The molecule has 0 spiro atoms. The predicted molar refractivity (Wildman–Crippen MR) is 44.1 cm³/mol. The molecule has 1 N–H and O–H groups in total. The molecule has 12 heavy (non-hydrogen) atoms. The quantitative estimate of drug-likeness (QED) is 0.614. The Kier molecular flexibility index (Phi) is 2.39. The molecule has 1 atom stereocenters. The second kappa shape index (κ2) is 3.03. The summed E-state index contributed by atoms with van der Waals surface area (Å²) in [5, 5.41) is 8.74. The number of morpholine rings is 1. The lowest BCUT2D eigenvalue weighted by Crippen LogP contribution is -2.53. The molecule has 1 heterocycles. The highest BCUT2D eigenvalue weighted by atomic mass is 16.5. The Morgan fingerprint density at radius 2 is 2.25 bits per heavy atom. The van der Waals surface area contributed by atoms with Gasteiger partial charge in [0.2, 0.25) is 0 Å². The molecular weight excluding hydrogens is 158 g/mol. The van der Waals surface area contributed by atoms with Gasteiger partial charge in [0.25, 0.3) is 0 Å². The van der Waals surface area contributed by atoms with Gasteiger partial charge in [0.15, 0.2) is 6.10 Å². The summed E-state index contributed by atoms with van der Waals surface area (Å²) >= 11 is 0.